The molecule has 0 bridgehead atoms. The van der Waals surface area contributed by atoms with E-state index in [2.05, 4.69) is 5.32 Å². The van der Waals surface area contributed by atoms with E-state index in [1.54, 1.807) is 11.9 Å². The van der Waals surface area contributed by atoms with Crippen molar-refractivity contribution in [2.24, 2.45) is 0 Å². The van der Waals surface area contributed by atoms with Gasteiger partial charge in [0.1, 0.15) is 18.3 Å². The van der Waals surface area contributed by atoms with Crippen molar-refractivity contribution in [3.05, 3.63) is 60.2 Å². The first kappa shape index (κ1) is 16.1. The minimum absolute atomic E-state index is 0.0374. The summed E-state index contributed by atoms with van der Waals surface area (Å²) in [5.41, 5.74) is 1.75. The third kappa shape index (κ3) is 3.40. The number of nitrogens with one attached hydrogen (secondary N) is 1. The van der Waals surface area contributed by atoms with Gasteiger partial charge in [-0.25, -0.2) is 0 Å². The number of carbonyl (C=O) groups is 2. The smallest absolute Gasteiger partial charge is 0.231 e. The van der Waals surface area contributed by atoms with Crippen LogP contribution >= 0.6 is 0 Å². The summed E-state index contributed by atoms with van der Waals surface area (Å²) < 4.78 is 5.52. The first-order chi connectivity index (χ1) is 11.7. The van der Waals surface area contributed by atoms with E-state index in [0.29, 0.717) is 13.2 Å². The van der Waals surface area contributed by atoms with E-state index >= 15 is 0 Å². The summed E-state index contributed by atoms with van der Waals surface area (Å²) in [7, 11) is 1.74. The fraction of sp³-hybridized carbons (Fsp3) is 0.263. The minimum Gasteiger partial charge on any atom is -0.492 e. The zero-order chi connectivity index (χ0) is 16.9. The van der Waals surface area contributed by atoms with E-state index in [1.165, 1.54) is 0 Å². The zero-order valence-electron chi connectivity index (χ0n) is 13.6. The Morgan fingerprint density at radius 2 is 1.83 bits per heavy atom. The van der Waals surface area contributed by atoms with Gasteiger partial charge in [0.15, 0.2) is 0 Å². The molecule has 1 atom stereocenters. The van der Waals surface area contributed by atoms with Gasteiger partial charge in [-0.05, 0) is 18.2 Å². The predicted molar refractivity (Wildman–Crippen MR) is 92.2 cm³/mol. The maximum Gasteiger partial charge on any atom is 0.231 e. The quantitative estimate of drug-likeness (QED) is 0.918. The van der Waals surface area contributed by atoms with Gasteiger partial charge in [0.05, 0.1) is 0 Å². The van der Waals surface area contributed by atoms with Crippen LogP contribution in [-0.2, 0) is 9.59 Å². The number of nitrogens with zero attached hydrogens (tertiary/aromatic N) is 1. The van der Waals surface area contributed by atoms with Crippen LogP contribution in [0.4, 0.5) is 5.69 Å². The lowest BCUT2D eigenvalue weighted by Crippen LogP contribution is -2.34. The van der Waals surface area contributed by atoms with Gasteiger partial charge in [-0.2, -0.15) is 0 Å². The molecule has 2 aromatic carbocycles. The molecule has 0 saturated heterocycles. The molecular weight excluding hydrogens is 304 g/mol. The molecule has 3 rings (SSSR count). The van der Waals surface area contributed by atoms with Crippen molar-refractivity contribution < 1.29 is 14.3 Å². The van der Waals surface area contributed by atoms with Crippen LogP contribution in [0, 0.1) is 0 Å². The molecule has 1 aliphatic heterocycles. The summed E-state index contributed by atoms with van der Waals surface area (Å²) in [6.07, 6.45) is 0.256. The summed E-state index contributed by atoms with van der Waals surface area (Å²) in [6.45, 7) is 0.663. The van der Waals surface area contributed by atoms with Crippen LogP contribution in [-0.4, -0.2) is 32.0 Å². The summed E-state index contributed by atoms with van der Waals surface area (Å²) in [5.74, 6) is 0.320. The Bertz CT molecular complexity index is 730. The Hall–Kier alpha value is -2.82. The largest absolute Gasteiger partial charge is 0.492 e. The van der Waals surface area contributed by atoms with Gasteiger partial charge in [-0.15, -0.1) is 0 Å². The first-order valence-electron chi connectivity index (χ1n) is 7.98. The van der Waals surface area contributed by atoms with Crippen LogP contribution in [0.2, 0.25) is 0 Å². The number of para-hydroxylation sites is 2. The third-order valence-electron chi connectivity index (χ3n) is 4.17. The van der Waals surface area contributed by atoms with Gasteiger partial charge in [0.25, 0.3) is 0 Å². The third-order valence-corrected chi connectivity index (χ3v) is 4.17. The molecule has 1 aliphatic rings. The molecule has 0 radical (unpaired) electrons. The van der Waals surface area contributed by atoms with Gasteiger partial charge in [-0.1, -0.05) is 36.4 Å². The molecule has 0 aromatic heterocycles. The highest BCUT2D eigenvalue weighted by molar-refractivity contribution is 5.93. The maximum atomic E-state index is 12.3. The molecule has 5 nitrogen and oxygen atoms in total. The van der Waals surface area contributed by atoms with E-state index in [1.807, 2.05) is 54.6 Å². The molecule has 0 aliphatic carbocycles. The topological polar surface area (TPSA) is 58.6 Å². The van der Waals surface area contributed by atoms with Crippen molar-refractivity contribution in [2.45, 2.75) is 12.3 Å². The number of hydrogen-bond donors (Lipinski definition) is 1. The molecular formula is C19H20N2O3. The van der Waals surface area contributed by atoms with Crippen molar-refractivity contribution in [2.75, 3.05) is 25.1 Å². The van der Waals surface area contributed by atoms with Gasteiger partial charge in [0.2, 0.25) is 11.8 Å². The second kappa shape index (κ2) is 7.17. The average molecular weight is 324 g/mol. The van der Waals surface area contributed by atoms with E-state index in [0.717, 1.165) is 17.0 Å². The second-order valence-electron chi connectivity index (χ2n) is 5.73. The highest BCUT2D eigenvalue weighted by atomic mass is 16.5. The normalized spacial score (nSPS) is 15.3. The summed E-state index contributed by atoms with van der Waals surface area (Å²) in [6, 6.07) is 17.0. The molecule has 0 unspecified atom stereocenters. The average Bonchev–Trinajstić information content (AvgIpc) is 3.06. The van der Waals surface area contributed by atoms with Crippen LogP contribution in [0.25, 0.3) is 0 Å². The van der Waals surface area contributed by atoms with E-state index in [4.69, 9.17) is 4.74 Å². The van der Waals surface area contributed by atoms with Crippen LogP contribution in [0.1, 0.15) is 17.9 Å². The van der Waals surface area contributed by atoms with E-state index in [-0.39, 0.29) is 24.2 Å². The lowest BCUT2D eigenvalue weighted by molar-refractivity contribution is -0.123. The molecule has 2 aromatic rings. The Balaban J connectivity index is 1.50. The van der Waals surface area contributed by atoms with E-state index in [9.17, 15) is 9.59 Å². The van der Waals surface area contributed by atoms with Crippen LogP contribution in [0.15, 0.2) is 54.6 Å². The summed E-state index contributed by atoms with van der Waals surface area (Å²) in [5, 5.41) is 2.84. The maximum absolute atomic E-state index is 12.3. The predicted octanol–water partition coefficient (Wildman–Crippen LogP) is 2.33. The van der Waals surface area contributed by atoms with Crippen LogP contribution in [0.3, 0.4) is 0 Å². The fourth-order valence-electron chi connectivity index (χ4n) is 2.76. The van der Waals surface area contributed by atoms with Crippen molar-refractivity contribution in [1.82, 2.24) is 5.32 Å². The molecule has 0 fully saturated rings. The second-order valence-corrected chi connectivity index (χ2v) is 5.73. The Labute approximate surface area is 141 Å². The van der Waals surface area contributed by atoms with Gasteiger partial charge >= 0.3 is 0 Å². The molecule has 24 heavy (non-hydrogen) atoms. The van der Waals surface area contributed by atoms with Gasteiger partial charge in [0, 0.05) is 31.3 Å². The molecule has 0 spiro atoms. The Morgan fingerprint density at radius 3 is 2.62 bits per heavy atom. The first-order valence-corrected chi connectivity index (χ1v) is 7.98. The monoisotopic (exact) mass is 324 g/mol. The van der Waals surface area contributed by atoms with Crippen molar-refractivity contribution >= 4 is 17.5 Å². The van der Waals surface area contributed by atoms with Crippen LogP contribution in [0.5, 0.6) is 5.75 Å². The molecule has 1 heterocycles. The fourth-order valence-corrected chi connectivity index (χ4v) is 2.76. The number of rotatable bonds is 5. The lowest BCUT2D eigenvalue weighted by Gasteiger charge is -2.17. The number of fused-ring (bicyclic) bond motifs is 1. The molecule has 0 saturated carbocycles. The number of hydrogen-bond acceptors (Lipinski definition) is 3. The highest BCUT2D eigenvalue weighted by Gasteiger charge is 2.29. The molecule has 124 valence electrons. The van der Waals surface area contributed by atoms with Crippen molar-refractivity contribution in [3.8, 4) is 5.75 Å². The van der Waals surface area contributed by atoms with Crippen molar-refractivity contribution in [3.63, 3.8) is 0 Å². The lowest BCUT2D eigenvalue weighted by atomic mass is 10.0. The zero-order valence-corrected chi connectivity index (χ0v) is 13.6. The standard InChI is InChI=1S/C19H20N2O3/c1-21(14-7-3-2-4-8-14)18(22)11-12-20-19(23)16-13-24-17-10-6-5-9-15(16)17/h2-10,16H,11-13H2,1H3,(H,20,23)/t16-/m1/s1. The van der Waals surface area contributed by atoms with Crippen LogP contribution < -0.4 is 15.0 Å². The molecule has 1 N–H and O–H groups in total. The van der Waals surface area contributed by atoms with E-state index < -0.39 is 0 Å². The summed E-state index contributed by atoms with van der Waals surface area (Å²) >= 11 is 0. The number of anilines is 1. The summed E-state index contributed by atoms with van der Waals surface area (Å²) in [4.78, 5) is 26.1. The van der Waals surface area contributed by atoms with Gasteiger partial charge in [-0.3, -0.25) is 9.59 Å². The molecule has 5 heteroatoms. The Morgan fingerprint density at radius 1 is 1.12 bits per heavy atom. The highest BCUT2D eigenvalue weighted by Crippen LogP contribution is 2.33. The SMILES string of the molecule is CN(C(=O)CCNC(=O)[C@@H]1COc2ccccc21)c1ccccc1. The number of ether oxygens (including phenoxy) is 1. The number of carbonyl (C=O) groups excluding carboxylic acids is 2. The Kier molecular flexibility index (Phi) is 4.79. The molecule has 2 amide bonds. The number of benzene rings is 2. The minimum atomic E-state index is -0.303. The van der Waals surface area contributed by atoms with Gasteiger partial charge < -0.3 is 15.0 Å². The number of amides is 2. The van der Waals surface area contributed by atoms with Crippen molar-refractivity contribution in [1.29, 1.82) is 0 Å².